The molecule has 2 aromatic carbocycles. The van der Waals surface area contributed by atoms with Crippen molar-refractivity contribution in [3.63, 3.8) is 0 Å². The number of amides is 1. The Balaban J connectivity index is 0.00000760. The number of methoxy groups -OCH3 is 1. The minimum Gasteiger partial charge on any atom is -0.497 e. The summed E-state index contributed by atoms with van der Waals surface area (Å²) < 4.78 is 32.6. The fourth-order valence-corrected chi connectivity index (χ4v) is 6.19. The Labute approximate surface area is 244 Å². The lowest BCUT2D eigenvalue weighted by molar-refractivity contribution is -0.125. The number of aliphatic hydroxyl groups is 1. The molecule has 4 N–H and O–H groups in total. The van der Waals surface area contributed by atoms with E-state index in [2.05, 4.69) is 15.4 Å². The van der Waals surface area contributed by atoms with E-state index in [0.29, 0.717) is 18.7 Å². The van der Waals surface area contributed by atoms with Crippen LogP contribution >= 0.6 is 24.2 Å². The molecule has 220 valence electrons. The van der Waals surface area contributed by atoms with Crippen LogP contribution in [0.1, 0.15) is 31.9 Å². The summed E-state index contributed by atoms with van der Waals surface area (Å²) in [6.45, 7) is 6.51. The molecule has 8 nitrogen and oxygen atoms in total. The first kappa shape index (κ1) is 35.2. The number of ether oxygens (including phenoxy) is 1. The molecule has 0 radical (unpaired) electrons. The summed E-state index contributed by atoms with van der Waals surface area (Å²) in [5.41, 5.74) is 2.01. The van der Waals surface area contributed by atoms with Gasteiger partial charge in [-0.15, -0.1) is 12.4 Å². The number of benzene rings is 2. The third kappa shape index (κ3) is 13.9. The lowest BCUT2D eigenvalue weighted by atomic mass is 10.00. The molecule has 2 rings (SSSR count). The highest BCUT2D eigenvalue weighted by Gasteiger charge is 2.27. The van der Waals surface area contributed by atoms with Crippen molar-refractivity contribution in [1.82, 2.24) is 15.4 Å². The van der Waals surface area contributed by atoms with E-state index < -0.39 is 28.1 Å². The summed E-state index contributed by atoms with van der Waals surface area (Å²) in [7, 11) is -1.86. The molecule has 0 aliphatic heterocycles. The number of thioether (sulfide) groups is 1. The van der Waals surface area contributed by atoms with Crippen LogP contribution in [-0.2, 0) is 27.8 Å². The maximum absolute atomic E-state index is 13.4. The number of rotatable bonds is 18. The molecule has 1 unspecified atom stereocenters. The summed E-state index contributed by atoms with van der Waals surface area (Å²) in [5.74, 6) is 1.22. The highest BCUT2D eigenvalue weighted by atomic mass is 35.5. The number of halogens is 1. The zero-order chi connectivity index (χ0) is 28.0. The predicted molar refractivity (Wildman–Crippen MR) is 163 cm³/mol. The molecule has 1 amide bonds. The van der Waals surface area contributed by atoms with Crippen LogP contribution in [0.2, 0.25) is 0 Å². The number of nitrogens with one attached hydrogen (secondary N) is 3. The second kappa shape index (κ2) is 18.5. The second-order valence-electron chi connectivity index (χ2n) is 9.73. The molecule has 0 saturated heterocycles. The highest BCUT2D eigenvalue weighted by molar-refractivity contribution is 7.99. The molecule has 0 aromatic heterocycles. The van der Waals surface area contributed by atoms with Gasteiger partial charge in [0.1, 0.15) is 5.75 Å². The molecule has 0 fully saturated rings. The zero-order valence-corrected chi connectivity index (χ0v) is 25.7. The summed E-state index contributed by atoms with van der Waals surface area (Å²) in [6, 6.07) is 16.8. The number of carbonyl (C=O) groups is 1. The van der Waals surface area contributed by atoms with Crippen molar-refractivity contribution in [3.8, 4) is 5.75 Å². The number of hydrogen-bond acceptors (Lipinski definition) is 7. The van der Waals surface area contributed by atoms with Crippen molar-refractivity contribution in [2.45, 2.75) is 45.9 Å². The van der Waals surface area contributed by atoms with Crippen LogP contribution in [-0.4, -0.2) is 69.0 Å². The van der Waals surface area contributed by atoms with Gasteiger partial charge in [-0.2, -0.15) is 11.8 Å². The van der Waals surface area contributed by atoms with E-state index >= 15 is 0 Å². The SMILES string of the molecule is CCSCC(CNS(=O)(=O)CC(C)C)C(=O)N[C@@H](Cc1ccccc1)[C@H](O)CNCc1cccc(OC)c1.Cl. The predicted octanol–water partition coefficient (Wildman–Crippen LogP) is 3.24. The van der Waals surface area contributed by atoms with Crippen molar-refractivity contribution in [1.29, 1.82) is 0 Å². The molecule has 2 aromatic rings. The summed E-state index contributed by atoms with van der Waals surface area (Å²) in [6.07, 6.45) is -0.414. The monoisotopic (exact) mass is 601 g/mol. The van der Waals surface area contributed by atoms with E-state index in [-0.39, 0.29) is 43.1 Å². The molecule has 3 atom stereocenters. The maximum Gasteiger partial charge on any atom is 0.225 e. The third-order valence-electron chi connectivity index (χ3n) is 5.90. The molecule has 0 heterocycles. The van der Waals surface area contributed by atoms with Crippen LogP contribution in [0.25, 0.3) is 0 Å². The van der Waals surface area contributed by atoms with Crippen LogP contribution in [0.3, 0.4) is 0 Å². The van der Waals surface area contributed by atoms with E-state index in [9.17, 15) is 18.3 Å². The largest absolute Gasteiger partial charge is 0.497 e. The lowest BCUT2D eigenvalue weighted by Gasteiger charge is -2.27. The normalized spacial score (nSPS) is 13.8. The maximum atomic E-state index is 13.4. The number of aliphatic hydroxyl groups excluding tert-OH is 1. The standard InChI is InChI=1S/C28H43N3O5S2.ClH/c1-5-37-19-24(17-30-38(34,35)20-21(2)3)28(33)31-26(15-22-10-7-6-8-11-22)27(32)18-29-16-23-12-9-13-25(14-23)36-4;/h6-14,21,24,26-27,29-30,32H,5,15-20H2,1-4H3,(H,31,33);1H/t24?,26-,27+;/m0./s1. The van der Waals surface area contributed by atoms with Crippen molar-refractivity contribution in [2.75, 3.05) is 37.5 Å². The Morgan fingerprint density at radius 2 is 1.74 bits per heavy atom. The summed E-state index contributed by atoms with van der Waals surface area (Å²) in [5, 5.41) is 17.4. The minimum absolute atomic E-state index is 0. The van der Waals surface area contributed by atoms with Gasteiger partial charge in [0, 0.05) is 25.4 Å². The Morgan fingerprint density at radius 3 is 2.38 bits per heavy atom. The Kier molecular flexibility index (Phi) is 16.7. The van der Waals surface area contributed by atoms with Gasteiger partial charge in [0.25, 0.3) is 0 Å². The number of hydrogen-bond donors (Lipinski definition) is 4. The van der Waals surface area contributed by atoms with Crippen molar-refractivity contribution in [3.05, 3.63) is 65.7 Å². The average Bonchev–Trinajstić information content (AvgIpc) is 2.88. The quantitative estimate of drug-likeness (QED) is 0.207. The fourth-order valence-electron chi connectivity index (χ4n) is 3.95. The van der Waals surface area contributed by atoms with Crippen LogP contribution < -0.4 is 20.1 Å². The molecule has 0 saturated carbocycles. The van der Waals surface area contributed by atoms with Gasteiger partial charge in [-0.25, -0.2) is 13.1 Å². The van der Waals surface area contributed by atoms with Crippen LogP contribution in [0.5, 0.6) is 5.75 Å². The molecular weight excluding hydrogens is 558 g/mol. The Hall–Kier alpha value is -1.82. The van der Waals surface area contributed by atoms with Gasteiger partial charge in [-0.3, -0.25) is 4.79 Å². The van der Waals surface area contributed by atoms with Crippen molar-refractivity contribution >= 4 is 40.1 Å². The first-order chi connectivity index (χ1) is 18.1. The molecular formula is C28H44ClN3O5S2. The lowest BCUT2D eigenvalue weighted by Crippen LogP contribution is -2.52. The van der Waals surface area contributed by atoms with Gasteiger partial charge in [-0.05, 0) is 41.4 Å². The molecule has 0 spiro atoms. The van der Waals surface area contributed by atoms with E-state index in [4.69, 9.17) is 4.74 Å². The Bertz CT molecular complexity index is 1070. The molecule has 39 heavy (non-hydrogen) atoms. The first-order valence-corrected chi connectivity index (χ1v) is 15.8. The first-order valence-electron chi connectivity index (χ1n) is 13.0. The van der Waals surface area contributed by atoms with Gasteiger partial charge in [0.2, 0.25) is 15.9 Å². The highest BCUT2D eigenvalue weighted by Crippen LogP contribution is 2.14. The van der Waals surface area contributed by atoms with Crippen LogP contribution in [0.15, 0.2) is 54.6 Å². The van der Waals surface area contributed by atoms with Gasteiger partial charge in [-0.1, -0.05) is 63.2 Å². The van der Waals surface area contributed by atoms with Gasteiger partial charge < -0.3 is 20.5 Å². The molecule has 11 heteroatoms. The number of carbonyl (C=O) groups excluding carboxylic acids is 1. The van der Waals surface area contributed by atoms with E-state index in [1.165, 1.54) is 0 Å². The summed E-state index contributed by atoms with van der Waals surface area (Å²) >= 11 is 1.58. The fraction of sp³-hybridized carbons (Fsp3) is 0.536. The summed E-state index contributed by atoms with van der Waals surface area (Å²) in [4.78, 5) is 13.4. The molecule has 0 aliphatic carbocycles. The topological polar surface area (TPSA) is 117 Å². The van der Waals surface area contributed by atoms with Crippen molar-refractivity contribution < 1.29 is 23.1 Å². The molecule has 0 bridgehead atoms. The smallest absolute Gasteiger partial charge is 0.225 e. The van der Waals surface area contributed by atoms with Gasteiger partial charge >= 0.3 is 0 Å². The van der Waals surface area contributed by atoms with Crippen molar-refractivity contribution in [2.24, 2.45) is 11.8 Å². The van der Waals surface area contributed by atoms with Gasteiger partial charge in [0.15, 0.2) is 0 Å². The van der Waals surface area contributed by atoms with Crippen LogP contribution in [0.4, 0.5) is 0 Å². The average molecular weight is 602 g/mol. The third-order valence-corrected chi connectivity index (χ3v) is 8.66. The zero-order valence-electron chi connectivity index (χ0n) is 23.3. The van der Waals surface area contributed by atoms with E-state index in [0.717, 1.165) is 22.6 Å². The van der Waals surface area contributed by atoms with Crippen LogP contribution in [0, 0.1) is 11.8 Å². The minimum atomic E-state index is -3.48. The van der Waals surface area contributed by atoms with Gasteiger partial charge in [0.05, 0.1) is 30.9 Å². The second-order valence-corrected chi connectivity index (χ2v) is 12.9. The van der Waals surface area contributed by atoms with E-state index in [1.54, 1.807) is 18.9 Å². The Morgan fingerprint density at radius 1 is 1.05 bits per heavy atom. The number of sulfonamides is 1. The van der Waals surface area contributed by atoms with E-state index in [1.807, 2.05) is 75.4 Å². The molecule has 0 aliphatic rings.